The molecule has 0 spiro atoms. The number of nitrogens with two attached hydrogens (primary N) is 1. The molecule has 1 heterocycles. The lowest BCUT2D eigenvalue weighted by Gasteiger charge is -2.07. The van der Waals surface area contributed by atoms with E-state index in [1.807, 2.05) is 29.9 Å². The molecular weight excluding hydrogens is 224 g/mol. The molecule has 0 amide bonds. The van der Waals surface area contributed by atoms with Crippen LogP contribution in [0.4, 0.5) is 11.5 Å². The number of nitrogens with zero attached hydrogens (tertiary/aromatic N) is 2. The van der Waals surface area contributed by atoms with Crippen molar-refractivity contribution in [2.24, 2.45) is 7.05 Å². The smallest absolute Gasteiger partial charge is 0.148 e. The van der Waals surface area contributed by atoms with Gasteiger partial charge in [0.05, 0.1) is 11.4 Å². The molecule has 0 radical (unpaired) electrons. The fourth-order valence-electron chi connectivity index (χ4n) is 2.01. The van der Waals surface area contributed by atoms with Crippen molar-refractivity contribution in [2.75, 3.05) is 11.1 Å². The standard InChI is InChI=1S/C14H20N4/c1-3-7-12-13(15)14(18(2)17-12)16-10-11-8-5-4-6-9-11/h4-6,8-9,16H,3,7,10,15H2,1-2H3. The average Bonchev–Trinajstić information content (AvgIpc) is 2.64. The molecule has 0 bridgehead atoms. The van der Waals surface area contributed by atoms with E-state index in [0.717, 1.165) is 36.6 Å². The van der Waals surface area contributed by atoms with Crippen LogP contribution in [0.2, 0.25) is 0 Å². The predicted molar refractivity (Wildman–Crippen MR) is 75.4 cm³/mol. The van der Waals surface area contributed by atoms with Crippen molar-refractivity contribution in [3.63, 3.8) is 0 Å². The maximum absolute atomic E-state index is 6.11. The van der Waals surface area contributed by atoms with Crippen LogP contribution >= 0.6 is 0 Å². The van der Waals surface area contributed by atoms with E-state index in [2.05, 4.69) is 29.5 Å². The third-order valence-corrected chi connectivity index (χ3v) is 2.95. The second kappa shape index (κ2) is 5.58. The van der Waals surface area contributed by atoms with Crippen molar-refractivity contribution in [3.05, 3.63) is 41.6 Å². The fraction of sp³-hybridized carbons (Fsp3) is 0.357. The summed E-state index contributed by atoms with van der Waals surface area (Å²) in [4.78, 5) is 0. The van der Waals surface area contributed by atoms with Gasteiger partial charge in [-0.3, -0.25) is 4.68 Å². The lowest BCUT2D eigenvalue weighted by Crippen LogP contribution is -2.06. The first kappa shape index (κ1) is 12.5. The van der Waals surface area contributed by atoms with E-state index in [0.29, 0.717) is 0 Å². The molecular formula is C14H20N4. The Morgan fingerprint density at radius 3 is 2.67 bits per heavy atom. The maximum Gasteiger partial charge on any atom is 0.148 e. The topological polar surface area (TPSA) is 55.9 Å². The highest BCUT2D eigenvalue weighted by atomic mass is 15.3. The summed E-state index contributed by atoms with van der Waals surface area (Å²) in [5.74, 6) is 0.905. The van der Waals surface area contributed by atoms with Gasteiger partial charge in [-0.15, -0.1) is 0 Å². The van der Waals surface area contributed by atoms with Gasteiger partial charge in [0.1, 0.15) is 5.82 Å². The number of hydrogen-bond acceptors (Lipinski definition) is 3. The third-order valence-electron chi connectivity index (χ3n) is 2.95. The van der Waals surface area contributed by atoms with Crippen LogP contribution in [0, 0.1) is 0 Å². The van der Waals surface area contributed by atoms with Crippen molar-refractivity contribution in [1.82, 2.24) is 9.78 Å². The Hall–Kier alpha value is -1.97. The van der Waals surface area contributed by atoms with Crippen molar-refractivity contribution >= 4 is 11.5 Å². The SMILES string of the molecule is CCCc1nn(C)c(NCc2ccccc2)c1N. The molecule has 0 aliphatic heterocycles. The Labute approximate surface area is 108 Å². The highest BCUT2D eigenvalue weighted by Gasteiger charge is 2.11. The van der Waals surface area contributed by atoms with Crippen LogP contribution < -0.4 is 11.1 Å². The molecule has 3 N–H and O–H groups in total. The fourth-order valence-corrected chi connectivity index (χ4v) is 2.01. The minimum absolute atomic E-state index is 0.760. The quantitative estimate of drug-likeness (QED) is 0.850. The van der Waals surface area contributed by atoms with E-state index in [1.165, 1.54) is 5.56 Å². The summed E-state index contributed by atoms with van der Waals surface area (Å²) in [6.45, 7) is 2.89. The van der Waals surface area contributed by atoms with Gasteiger partial charge in [-0.05, 0) is 12.0 Å². The van der Waals surface area contributed by atoms with Gasteiger partial charge in [0, 0.05) is 13.6 Å². The van der Waals surface area contributed by atoms with Crippen LogP contribution in [-0.4, -0.2) is 9.78 Å². The van der Waals surface area contributed by atoms with E-state index in [4.69, 9.17) is 5.73 Å². The molecule has 0 aliphatic carbocycles. The molecule has 0 fully saturated rings. The molecule has 0 saturated heterocycles. The van der Waals surface area contributed by atoms with Gasteiger partial charge in [0.2, 0.25) is 0 Å². The Bertz CT molecular complexity index is 502. The van der Waals surface area contributed by atoms with Gasteiger partial charge in [-0.2, -0.15) is 5.10 Å². The number of aromatic nitrogens is 2. The minimum atomic E-state index is 0.760. The third kappa shape index (κ3) is 2.64. The zero-order valence-electron chi connectivity index (χ0n) is 11.0. The van der Waals surface area contributed by atoms with E-state index in [9.17, 15) is 0 Å². The first-order valence-corrected chi connectivity index (χ1v) is 6.31. The first-order valence-electron chi connectivity index (χ1n) is 6.31. The van der Waals surface area contributed by atoms with Crippen LogP contribution in [0.1, 0.15) is 24.6 Å². The molecule has 18 heavy (non-hydrogen) atoms. The lowest BCUT2D eigenvalue weighted by atomic mass is 10.2. The molecule has 2 rings (SSSR count). The Morgan fingerprint density at radius 2 is 2.00 bits per heavy atom. The second-order valence-electron chi connectivity index (χ2n) is 4.42. The van der Waals surface area contributed by atoms with E-state index in [1.54, 1.807) is 0 Å². The van der Waals surface area contributed by atoms with Gasteiger partial charge in [0.25, 0.3) is 0 Å². The molecule has 1 aromatic heterocycles. The summed E-state index contributed by atoms with van der Waals surface area (Å²) < 4.78 is 1.82. The highest BCUT2D eigenvalue weighted by Crippen LogP contribution is 2.23. The molecule has 2 aromatic rings. The van der Waals surface area contributed by atoms with Crippen LogP contribution in [0.3, 0.4) is 0 Å². The van der Waals surface area contributed by atoms with Crippen LogP contribution in [0.5, 0.6) is 0 Å². The van der Waals surface area contributed by atoms with Crippen LogP contribution in [0.15, 0.2) is 30.3 Å². The summed E-state index contributed by atoms with van der Waals surface area (Å²) in [6.07, 6.45) is 1.98. The van der Waals surface area contributed by atoms with Crippen molar-refractivity contribution in [1.29, 1.82) is 0 Å². The second-order valence-corrected chi connectivity index (χ2v) is 4.42. The van der Waals surface area contributed by atoms with Crippen molar-refractivity contribution in [2.45, 2.75) is 26.3 Å². The normalized spacial score (nSPS) is 10.6. The molecule has 4 heteroatoms. The number of hydrogen-bond donors (Lipinski definition) is 2. The van der Waals surface area contributed by atoms with Gasteiger partial charge in [-0.1, -0.05) is 43.7 Å². The van der Waals surface area contributed by atoms with Gasteiger partial charge in [-0.25, -0.2) is 0 Å². The summed E-state index contributed by atoms with van der Waals surface area (Å²) in [6, 6.07) is 10.3. The average molecular weight is 244 g/mol. The molecule has 0 atom stereocenters. The van der Waals surface area contributed by atoms with Crippen molar-refractivity contribution < 1.29 is 0 Å². The van der Waals surface area contributed by atoms with E-state index < -0.39 is 0 Å². The number of benzene rings is 1. The predicted octanol–water partition coefficient (Wildman–Crippen LogP) is 2.57. The molecule has 0 unspecified atom stereocenters. The Balaban J connectivity index is 2.10. The molecule has 4 nitrogen and oxygen atoms in total. The van der Waals surface area contributed by atoms with Gasteiger partial charge in [0.15, 0.2) is 0 Å². The molecule has 0 saturated carbocycles. The zero-order valence-corrected chi connectivity index (χ0v) is 11.0. The maximum atomic E-state index is 6.11. The number of nitrogen functional groups attached to an aromatic ring is 1. The zero-order chi connectivity index (χ0) is 13.0. The van der Waals surface area contributed by atoms with Crippen molar-refractivity contribution in [3.8, 4) is 0 Å². The lowest BCUT2D eigenvalue weighted by molar-refractivity contribution is 0.735. The van der Waals surface area contributed by atoms with E-state index in [-0.39, 0.29) is 0 Å². The summed E-state index contributed by atoms with van der Waals surface area (Å²) >= 11 is 0. The number of nitrogens with one attached hydrogen (secondary N) is 1. The number of rotatable bonds is 5. The molecule has 96 valence electrons. The number of aryl methyl sites for hydroxylation is 2. The largest absolute Gasteiger partial charge is 0.394 e. The number of anilines is 2. The summed E-state index contributed by atoms with van der Waals surface area (Å²) in [5.41, 5.74) is 9.10. The van der Waals surface area contributed by atoms with Gasteiger partial charge >= 0.3 is 0 Å². The Morgan fingerprint density at radius 1 is 1.28 bits per heavy atom. The van der Waals surface area contributed by atoms with Crippen LogP contribution in [0.25, 0.3) is 0 Å². The minimum Gasteiger partial charge on any atom is -0.394 e. The van der Waals surface area contributed by atoms with E-state index >= 15 is 0 Å². The van der Waals surface area contributed by atoms with Gasteiger partial charge < -0.3 is 11.1 Å². The highest BCUT2D eigenvalue weighted by molar-refractivity contribution is 5.65. The first-order chi connectivity index (χ1) is 8.72. The summed E-state index contributed by atoms with van der Waals surface area (Å²) in [5, 5.41) is 7.79. The Kier molecular flexibility index (Phi) is 3.87. The summed E-state index contributed by atoms with van der Waals surface area (Å²) in [7, 11) is 1.92. The molecule has 0 aliphatic rings. The monoisotopic (exact) mass is 244 g/mol. The van der Waals surface area contributed by atoms with Crippen LogP contribution in [-0.2, 0) is 20.0 Å². The molecule has 1 aromatic carbocycles.